The molecule has 1 saturated carbocycles. The number of nitrogens with zero attached hydrogens (tertiary/aromatic N) is 1. The molecule has 0 radical (unpaired) electrons. The number of carbonyl (C=O) groups excluding carboxylic acids is 1. The van der Waals surface area contributed by atoms with Crippen LogP contribution in [0.4, 0.5) is 0 Å². The van der Waals surface area contributed by atoms with Crippen LogP contribution < -0.4 is 0 Å². The van der Waals surface area contributed by atoms with E-state index in [1.54, 1.807) is 0 Å². The molecule has 0 unspecified atom stereocenters. The molecule has 2 N–H and O–H groups in total. The highest BCUT2D eigenvalue weighted by atomic mass is 16.3. The third-order valence-electron chi connectivity index (χ3n) is 4.45. The molecule has 1 aromatic carbocycles. The molecule has 21 heavy (non-hydrogen) atoms. The van der Waals surface area contributed by atoms with E-state index in [1.165, 1.54) is 10.9 Å². The number of fused-ring (bicyclic) bond motifs is 1. The predicted octanol–water partition coefficient (Wildman–Crippen LogP) is 2.33. The third kappa shape index (κ3) is 3.10. The first-order valence-electron chi connectivity index (χ1n) is 7.60. The number of aliphatic hydroxyl groups excluding tert-OH is 1. The largest absolute Gasteiger partial charge is 0.393 e. The lowest BCUT2D eigenvalue weighted by molar-refractivity contribution is -0.131. The van der Waals surface area contributed by atoms with Gasteiger partial charge >= 0.3 is 0 Å². The zero-order valence-electron chi connectivity index (χ0n) is 12.4. The van der Waals surface area contributed by atoms with Gasteiger partial charge in [0.25, 0.3) is 0 Å². The number of benzene rings is 1. The molecule has 1 aromatic heterocycles. The van der Waals surface area contributed by atoms with E-state index in [9.17, 15) is 9.90 Å². The molecule has 1 fully saturated rings. The summed E-state index contributed by atoms with van der Waals surface area (Å²) >= 11 is 0. The van der Waals surface area contributed by atoms with E-state index in [-0.39, 0.29) is 12.0 Å². The second-order valence-corrected chi connectivity index (χ2v) is 6.13. The molecule has 1 aliphatic carbocycles. The van der Waals surface area contributed by atoms with Gasteiger partial charge in [-0.2, -0.15) is 0 Å². The number of amides is 1. The highest BCUT2D eigenvalue weighted by Gasteiger charge is 2.28. The van der Waals surface area contributed by atoms with Gasteiger partial charge < -0.3 is 15.0 Å². The maximum Gasteiger partial charge on any atom is 0.222 e. The number of para-hydroxylation sites is 1. The van der Waals surface area contributed by atoms with Gasteiger partial charge in [-0.1, -0.05) is 18.2 Å². The Bertz CT molecular complexity index is 629. The fourth-order valence-corrected chi connectivity index (χ4v) is 3.11. The van der Waals surface area contributed by atoms with Gasteiger partial charge in [-0.3, -0.25) is 4.79 Å². The topological polar surface area (TPSA) is 56.3 Å². The quantitative estimate of drug-likeness (QED) is 0.886. The predicted molar refractivity (Wildman–Crippen MR) is 83.0 cm³/mol. The molecule has 1 amide bonds. The van der Waals surface area contributed by atoms with Crippen LogP contribution in [0.2, 0.25) is 0 Å². The van der Waals surface area contributed by atoms with Crippen LogP contribution in [0.15, 0.2) is 30.5 Å². The first-order chi connectivity index (χ1) is 10.1. The second kappa shape index (κ2) is 5.90. The Morgan fingerprint density at radius 2 is 2.14 bits per heavy atom. The van der Waals surface area contributed by atoms with Crippen LogP contribution in [-0.2, 0) is 11.2 Å². The summed E-state index contributed by atoms with van der Waals surface area (Å²) in [7, 11) is 1.86. The number of aryl methyl sites for hydroxylation is 1. The minimum absolute atomic E-state index is 0.148. The van der Waals surface area contributed by atoms with Gasteiger partial charge in [-0.15, -0.1) is 0 Å². The first-order valence-corrected chi connectivity index (χ1v) is 7.60. The lowest BCUT2D eigenvalue weighted by Crippen LogP contribution is -2.39. The Morgan fingerprint density at radius 3 is 2.90 bits per heavy atom. The van der Waals surface area contributed by atoms with Crippen molar-refractivity contribution in [3.05, 3.63) is 36.0 Å². The van der Waals surface area contributed by atoms with Crippen LogP contribution >= 0.6 is 0 Å². The van der Waals surface area contributed by atoms with E-state index in [1.807, 2.05) is 30.3 Å². The van der Waals surface area contributed by atoms with Crippen molar-refractivity contribution in [2.24, 2.45) is 5.92 Å². The number of aliphatic hydroxyl groups is 1. The number of aromatic nitrogens is 1. The summed E-state index contributed by atoms with van der Waals surface area (Å²) in [5, 5.41) is 10.5. The zero-order valence-corrected chi connectivity index (χ0v) is 12.4. The van der Waals surface area contributed by atoms with Crippen LogP contribution in [-0.4, -0.2) is 40.6 Å². The molecule has 0 bridgehead atoms. The molecule has 4 heteroatoms. The van der Waals surface area contributed by atoms with Gasteiger partial charge in [-0.05, 0) is 36.8 Å². The number of carbonyl (C=O) groups is 1. The van der Waals surface area contributed by atoms with E-state index < -0.39 is 0 Å². The molecule has 0 spiro atoms. The number of hydrogen-bond acceptors (Lipinski definition) is 2. The first kappa shape index (κ1) is 14.1. The van der Waals surface area contributed by atoms with Crippen molar-refractivity contribution >= 4 is 16.8 Å². The summed E-state index contributed by atoms with van der Waals surface area (Å²) in [6.07, 6.45) is 4.82. The molecule has 112 valence electrons. The minimum Gasteiger partial charge on any atom is -0.393 e. The Labute approximate surface area is 124 Å². The van der Waals surface area contributed by atoms with Crippen LogP contribution in [0.3, 0.4) is 0 Å². The van der Waals surface area contributed by atoms with E-state index in [0.717, 1.165) is 31.3 Å². The van der Waals surface area contributed by atoms with Gasteiger partial charge in [0.15, 0.2) is 0 Å². The molecular formula is C17H22N2O2. The van der Waals surface area contributed by atoms with Crippen LogP contribution in [0.25, 0.3) is 10.9 Å². The molecule has 4 nitrogen and oxygen atoms in total. The van der Waals surface area contributed by atoms with Gasteiger partial charge in [0.1, 0.15) is 0 Å². The number of aromatic amines is 1. The van der Waals surface area contributed by atoms with Gasteiger partial charge in [0.05, 0.1) is 6.10 Å². The summed E-state index contributed by atoms with van der Waals surface area (Å²) in [6, 6.07) is 8.17. The van der Waals surface area contributed by atoms with Crippen LogP contribution in [0.1, 0.15) is 24.8 Å². The fraction of sp³-hybridized carbons (Fsp3) is 0.471. The van der Waals surface area contributed by atoms with Crippen molar-refractivity contribution in [3.8, 4) is 0 Å². The van der Waals surface area contributed by atoms with E-state index in [0.29, 0.717) is 12.3 Å². The Balaban J connectivity index is 1.53. The highest BCUT2D eigenvalue weighted by Crippen LogP contribution is 2.27. The molecule has 2 aromatic rings. The Kier molecular flexibility index (Phi) is 3.97. The number of rotatable bonds is 5. The monoisotopic (exact) mass is 286 g/mol. The average molecular weight is 286 g/mol. The van der Waals surface area contributed by atoms with E-state index in [2.05, 4.69) is 17.1 Å². The number of H-pyrrole nitrogens is 1. The standard InChI is InChI=1S/C17H22N2O2/c1-19(11-12-8-14(20)9-12)17(21)7-6-13-10-18-16-5-3-2-4-15(13)16/h2-5,10,12,14,18,20H,6-9,11H2,1H3. The lowest BCUT2D eigenvalue weighted by Gasteiger charge is -2.34. The number of hydrogen-bond donors (Lipinski definition) is 2. The third-order valence-corrected chi connectivity index (χ3v) is 4.45. The van der Waals surface area contributed by atoms with Crippen molar-refractivity contribution in [2.45, 2.75) is 31.8 Å². The minimum atomic E-state index is -0.148. The fourth-order valence-electron chi connectivity index (χ4n) is 3.11. The SMILES string of the molecule is CN(CC1CC(O)C1)C(=O)CCc1c[nH]c2ccccc12. The van der Waals surface area contributed by atoms with Gasteiger partial charge in [-0.25, -0.2) is 0 Å². The van der Waals surface area contributed by atoms with Crippen molar-refractivity contribution in [1.29, 1.82) is 0 Å². The van der Waals surface area contributed by atoms with Gasteiger partial charge in [0, 0.05) is 37.1 Å². The molecule has 0 saturated heterocycles. The van der Waals surface area contributed by atoms with E-state index in [4.69, 9.17) is 0 Å². The van der Waals surface area contributed by atoms with Crippen LogP contribution in [0.5, 0.6) is 0 Å². The molecular weight excluding hydrogens is 264 g/mol. The Hall–Kier alpha value is -1.81. The normalized spacial score (nSPS) is 21.2. The molecule has 3 rings (SSSR count). The van der Waals surface area contributed by atoms with E-state index >= 15 is 0 Å². The number of nitrogens with one attached hydrogen (secondary N) is 1. The molecule has 0 aliphatic heterocycles. The maximum absolute atomic E-state index is 12.2. The summed E-state index contributed by atoms with van der Waals surface area (Å²) in [6.45, 7) is 0.768. The summed E-state index contributed by atoms with van der Waals surface area (Å²) < 4.78 is 0. The highest BCUT2D eigenvalue weighted by molar-refractivity contribution is 5.84. The van der Waals surface area contributed by atoms with Crippen molar-refractivity contribution in [2.75, 3.05) is 13.6 Å². The molecule has 1 heterocycles. The summed E-state index contributed by atoms with van der Waals surface area (Å²) in [4.78, 5) is 17.2. The summed E-state index contributed by atoms with van der Waals surface area (Å²) in [5.74, 6) is 0.656. The smallest absolute Gasteiger partial charge is 0.222 e. The van der Waals surface area contributed by atoms with Gasteiger partial charge in [0.2, 0.25) is 5.91 Å². The molecule has 1 aliphatic rings. The van der Waals surface area contributed by atoms with Crippen molar-refractivity contribution in [1.82, 2.24) is 9.88 Å². The summed E-state index contributed by atoms with van der Waals surface area (Å²) in [5.41, 5.74) is 2.32. The van der Waals surface area contributed by atoms with Crippen LogP contribution in [0, 0.1) is 5.92 Å². The molecule has 0 atom stereocenters. The average Bonchev–Trinajstić information content (AvgIpc) is 2.86. The second-order valence-electron chi connectivity index (χ2n) is 6.13. The van der Waals surface area contributed by atoms with Crippen molar-refractivity contribution in [3.63, 3.8) is 0 Å². The zero-order chi connectivity index (χ0) is 14.8. The Morgan fingerprint density at radius 1 is 1.38 bits per heavy atom. The van der Waals surface area contributed by atoms with Crippen molar-refractivity contribution < 1.29 is 9.90 Å². The maximum atomic E-state index is 12.2. The lowest BCUT2D eigenvalue weighted by atomic mass is 9.82.